The van der Waals surface area contributed by atoms with Crippen molar-refractivity contribution in [1.29, 1.82) is 0 Å². The first-order valence-electron chi connectivity index (χ1n) is 6.43. The first kappa shape index (κ1) is 15.9. The summed E-state index contributed by atoms with van der Waals surface area (Å²) < 4.78 is 37.3. The lowest BCUT2D eigenvalue weighted by Crippen LogP contribution is -2.39. The Labute approximate surface area is 122 Å². The monoisotopic (exact) mass is 315 g/mol. The number of nitrogens with one attached hydrogen (secondary N) is 1. The largest absolute Gasteiger partial charge is 0.478 e. The van der Waals surface area contributed by atoms with Gasteiger partial charge in [0, 0.05) is 6.54 Å². The van der Waals surface area contributed by atoms with Crippen molar-refractivity contribution in [2.24, 2.45) is 0 Å². The number of rotatable bonds is 5. The molecule has 1 heterocycles. The maximum absolute atomic E-state index is 12.2. The van der Waals surface area contributed by atoms with Crippen LogP contribution in [0.4, 0.5) is 0 Å². The van der Waals surface area contributed by atoms with E-state index in [1.54, 1.807) is 6.92 Å². The van der Waals surface area contributed by atoms with Crippen LogP contribution in [0, 0.1) is 6.92 Å². The molecule has 7 nitrogen and oxygen atoms in total. The number of carboxylic acid groups (broad SMARTS) is 1. The fourth-order valence-electron chi connectivity index (χ4n) is 1.94. The van der Waals surface area contributed by atoms with E-state index in [0.29, 0.717) is 25.4 Å². The van der Waals surface area contributed by atoms with Gasteiger partial charge in [0.2, 0.25) is 10.0 Å². The Balaban J connectivity index is 2.11. The molecular weight excluding hydrogens is 298 g/mol. The van der Waals surface area contributed by atoms with Crippen LogP contribution in [0.5, 0.6) is 0 Å². The van der Waals surface area contributed by atoms with Crippen LogP contribution in [0.25, 0.3) is 0 Å². The summed E-state index contributed by atoms with van der Waals surface area (Å²) >= 11 is 0. The number of aryl methyl sites for hydroxylation is 1. The molecule has 1 aliphatic rings. The fourth-order valence-corrected chi connectivity index (χ4v) is 3.03. The van der Waals surface area contributed by atoms with E-state index in [-0.39, 0.29) is 23.1 Å². The maximum Gasteiger partial charge on any atom is 0.335 e. The average Bonchev–Trinajstić information content (AvgIpc) is 2.46. The molecule has 1 aromatic rings. The number of sulfonamides is 1. The van der Waals surface area contributed by atoms with E-state index >= 15 is 0 Å². The van der Waals surface area contributed by atoms with Crippen molar-refractivity contribution >= 4 is 16.0 Å². The molecule has 1 unspecified atom stereocenters. The molecule has 1 fully saturated rings. The van der Waals surface area contributed by atoms with Crippen molar-refractivity contribution in [2.45, 2.75) is 17.9 Å². The fraction of sp³-hybridized carbons (Fsp3) is 0.462. The summed E-state index contributed by atoms with van der Waals surface area (Å²) in [5, 5.41) is 9.04. The molecule has 8 heteroatoms. The smallest absolute Gasteiger partial charge is 0.335 e. The number of benzene rings is 1. The topological polar surface area (TPSA) is 102 Å². The van der Waals surface area contributed by atoms with Crippen LogP contribution in [0.1, 0.15) is 15.9 Å². The van der Waals surface area contributed by atoms with Gasteiger partial charge in [-0.2, -0.15) is 0 Å². The lowest BCUT2D eigenvalue weighted by atomic mass is 10.1. The van der Waals surface area contributed by atoms with E-state index in [1.807, 2.05) is 0 Å². The second-order valence-corrected chi connectivity index (χ2v) is 6.47. The summed E-state index contributed by atoms with van der Waals surface area (Å²) in [4.78, 5) is 11.0. The Morgan fingerprint density at radius 3 is 2.81 bits per heavy atom. The van der Waals surface area contributed by atoms with Crippen LogP contribution in [0.3, 0.4) is 0 Å². The number of aromatic carboxylic acids is 1. The number of hydrogen-bond donors (Lipinski definition) is 2. The predicted octanol–water partition coefficient (Wildman–Crippen LogP) is 0.387. The third-order valence-electron chi connectivity index (χ3n) is 3.14. The highest BCUT2D eigenvalue weighted by Gasteiger charge is 2.21. The van der Waals surface area contributed by atoms with Crippen LogP contribution in [-0.4, -0.2) is 52.0 Å². The highest BCUT2D eigenvalue weighted by molar-refractivity contribution is 7.89. The standard InChI is InChI=1S/C13H17NO6S/c1-9-2-3-11(6-12(9)13(15)16)21(17,18)14-7-10-8-19-4-5-20-10/h2-3,6,10,14H,4-5,7-8H2,1H3,(H,15,16). The minimum Gasteiger partial charge on any atom is -0.478 e. The number of carboxylic acids is 1. The molecule has 1 saturated heterocycles. The van der Waals surface area contributed by atoms with Gasteiger partial charge in [0.1, 0.15) is 0 Å². The van der Waals surface area contributed by atoms with Crippen molar-refractivity contribution < 1.29 is 27.8 Å². The van der Waals surface area contributed by atoms with Gasteiger partial charge < -0.3 is 14.6 Å². The normalized spacial score (nSPS) is 19.4. The van der Waals surface area contributed by atoms with Crippen LogP contribution >= 0.6 is 0 Å². The van der Waals surface area contributed by atoms with Gasteiger partial charge >= 0.3 is 5.97 Å². The zero-order valence-electron chi connectivity index (χ0n) is 11.5. The second kappa shape index (κ2) is 6.52. The highest BCUT2D eigenvalue weighted by Crippen LogP contribution is 2.16. The lowest BCUT2D eigenvalue weighted by molar-refractivity contribution is -0.0846. The minimum absolute atomic E-state index is 0.0323. The SMILES string of the molecule is Cc1ccc(S(=O)(=O)NCC2COCCO2)cc1C(=O)O. The van der Waals surface area contributed by atoms with Crippen LogP contribution < -0.4 is 4.72 Å². The molecule has 0 radical (unpaired) electrons. The van der Waals surface area contributed by atoms with Gasteiger partial charge in [0.15, 0.2) is 0 Å². The van der Waals surface area contributed by atoms with Gasteiger partial charge in [-0.3, -0.25) is 0 Å². The van der Waals surface area contributed by atoms with Gasteiger partial charge in [-0.25, -0.2) is 17.9 Å². The molecule has 0 saturated carbocycles. The van der Waals surface area contributed by atoms with Crippen molar-refractivity contribution in [3.05, 3.63) is 29.3 Å². The van der Waals surface area contributed by atoms with E-state index in [4.69, 9.17) is 14.6 Å². The van der Waals surface area contributed by atoms with Gasteiger partial charge in [0.25, 0.3) is 0 Å². The summed E-state index contributed by atoms with van der Waals surface area (Å²) in [6, 6.07) is 4.00. The summed E-state index contributed by atoms with van der Waals surface area (Å²) in [7, 11) is -3.78. The van der Waals surface area contributed by atoms with E-state index in [9.17, 15) is 13.2 Å². The predicted molar refractivity (Wildman–Crippen MR) is 73.9 cm³/mol. The quantitative estimate of drug-likeness (QED) is 0.815. The summed E-state index contributed by atoms with van der Waals surface area (Å²) in [5.74, 6) is -1.16. The van der Waals surface area contributed by atoms with Gasteiger partial charge in [0.05, 0.1) is 36.4 Å². The van der Waals surface area contributed by atoms with Gasteiger partial charge in [-0.15, -0.1) is 0 Å². The van der Waals surface area contributed by atoms with Gasteiger partial charge in [-0.1, -0.05) is 6.07 Å². The molecule has 1 atom stereocenters. The molecular formula is C13H17NO6S. The summed E-state index contributed by atoms with van der Waals surface area (Å²) in [6.45, 7) is 2.96. The van der Waals surface area contributed by atoms with E-state index in [1.165, 1.54) is 12.1 Å². The van der Waals surface area contributed by atoms with Crippen molar-refractivity contribution in [3.63, 3.8) is 0 Å². The van der Waals surface area contributed by atoms with E-state index in [0.717, 1.165) is 6.07 Å². The molecule has 21 heavy (non-hydrogen) atoms. The maximum atomic E-state index is 12.2. The molecule has 0 spiro atoms. The van der Waals surface area contributed by atoms with Crippen LogP contribution in [0.15, 0.2) is 23.1 Å². The van der Waals surface area contributed by atoms with Crippen LogP contribution in [-0.2, 0) is 19.5 Å². The van der Waals surface area contributed by atoms with Crippen molar-refractivity contribution in [1.82, 2.24) is 4.72 Å². The third kappa shape index (κ3) is 4.01. The summed E-state index contributed by atoms with van der Waals surface area (Å²) in [5.41, 5.74) is 0.473. The Bertz CT molecular complexity index is 622. The third-order valence-corrected chi connectivity index (χ3v) is 4.56. The molecule has 0 aromatic heterocycles. The zero-order chi connectivity index (χ0) is 15.5. The first-order valence-corrected chi connectivity index (χ1v) is 7.91. The molecule has 1 aromatic carbocycles. The van der Waals surface area contributed by atoms with Crippen molar-refractivity contribution in [3.8, 4) is 0 Å². The zero-order valence-corrected chi connectivity index (χ0v) is 12.4. The molecule has 0 bridgehead atoms. The molecule has 2 N–H and O–H groups in total. The summed E-state index contributed by atoms with van der Waals surface area (Å²) in [6.07, 6.45) is -0.335. The van der Waals surface area contributed by atoms with E-state index < -0.39 is 16.0 Å². The second-order valence-electron chi connectivity index (χ2n) is 4.70. The first-order chi connectivity index (χ1) is 9.90. The van der Waals surface area contributed by atoms with Crippen molar-refractivity contribution in [2.75, 3.05) is 26.4 Å². The number of hydrogen-bond acceptors (Lipinski definition) is 5. The molecule has 2 rings (SSSR count). The van der Waals surface area contributed by atoms with Gasteiger partial charge in [-0.05, 0) is 24.6 Å². The lowest BCUT2D eigenvalue weighted by Gasteiger charge is -2.23. The highest BCUT2D eigenvalue weighted by atomic mass is 32.2. The molecule has 0 aliphatic carbocycles. The Hall–Kier alpha value is -1.48. The number of carbonyl (C=O) groups is 1. The molecule has 1 aliphatic heterocycles. The Morgan fingerprint density at radius 1 is 1.43 bits per heavy atom. The minimum atomic E-state index is -3.78. The Morgan fingerprint density at radius 2 is 2.19 bits per heavy atom. The average molecular weight is 315 g/mol. The molecule has 0 amide bonds. The molecule has 116 valence electrons. The number of ether oxygens (including phenoxy) is 2. The Kier molecular flexibility index (Phi) is 4.94. The van der Waals surface area contributed by atoms with E-state index in [2.05, 4.69) is 4.72 Å². The van der Waals surface area contributed by atoms with Crippen LogP contribution in [0.2, 0.25) is 0 Å².